The Morgan fingerprint density at radius 2 is 1.44 bits per heavy atom. The maximum absolute atomic E-state index is 5.46. The van der Waals surface area contributed by atoms with E-state index in [1.807, 2.05) is 0 Å². The third-order valence-corrected chi connectivity index (χ3v) is 6.30. The first-order chi connectivity index (χ1) is 13.3. The van der Waals surface area contributed by atoms with Crippen LogP contribution >= 0.6 is 0 Å². The minimum atomic E-state index is 0.389. The van der Waals surface area contributed by atoms with Crippen LogP contribution in [0.1, 0.15) is 12.8 Å². The molecule has 3 fully saturated rings. The Hall–Kier alpha value is -2.34. The van der Waals surface area contributed by atoms with E-state index in [0.29, 0.717) is 5.41 Å². The highest BCUT2D eigenvalue weighted by atomic mass is 16.5. The average molecular weight is 365 g/mol. The summed E-state index contributed by atoms with van der Waals surface area (Å²) in [4.78, 5) is 16.4. The maximum Gasteiger partial charge on any atom is 0.134 e. The number of morpholine rings is 1. The molecule has 5 rings (SSSR count). The number of aromatic nitrogens is 2. The molecule has 1 atom stereocenters. The lowest BCUT2D eigenvalue weighted by Gasteiger charge is -2.29. The van der Waals surface area contributed by atoms with E-state index in [2.05, 4.69) is 61.1 Å². The molecule has 0 saturated carbocycles. The molecule has 6 nitrogen and oxygen atoms in total. The van der Waals surface area contributed by atoms with E-state index in [0.717, 1.165) is 64.1 Å². The van der Waals surface area contributed by atoms with Crippen molar-refractivity contribution in [1.29, 1.82) is 0 Å². The fraction of sp³-hybridized carbons (Fsp3) is 0.524. The molecule has 3 aliphatic rings. The van der Waals surface area contributed by atoms with Gasteiger partial charge in [0.2, 0.25) is 0 Å². The van der Waals surface area contributed by atoms with Crippen molar-refractivity contribution in [3.8, 4) is 0 Å². The highest BCUT2D eigenvalue weighted by Gasteiger charge is 2.44. The Morgan fingerprint density at radius 1 is 0.778 bits per heavy atom. The molecule has 0 aliphatic carbocycles. The van der Waals surface area contributed by atoms with Crippen LogP contribution in [-0.4, -0.2) is 62.5 Å². The first-order valence-electron chi connectivity index (χ1n) is 10.0. The molecular weight excluding hydrogens is 338 g/mol. The number of nitrogens with zero attached hydrogens (tertiary/aromatic N) is 5. The first kappa shape index (κ1) is 16.8. The Morgan fingerprint density at radius 3 is 2.22 bits per heavy atom. The van der Waals surface area contributed by atoms with Crippen molar-refractivity contribution in [3.63, 3.8) is 0 Å². The summed E-state index contributed by atoms with van der Waals surface area (Å²) in [5.41, 5.74) is 1.74. The van der Waals surface area contributed by atoms with Crippen molar-refractivity contribution < 1.29 is 4.74 Å². The summed E-state index contributed by atoms with van der Waals surface area (Å²) in [5.74, 6) is 2.10. The number of hydrogen-bond donors (Lipinski definition) is 0. The van der Waals surface area contributed by atoms with Crippen LogP contribution in [0.2, 0.25) is 0 Å². The predicted octanol–water partition coefficient (Wildman–Crippen LogP) is 2.42. The largest absolute Gasteiger partial charge is 0.378 e. The Balaban J connectivity index is 1.28. The van der Waals surface area contributed by atoms with Crippen molar-refractivity contribution in [2.24, 2.45) is 5.41 Å². The summed E-state index contributed by atoms with van der Waals surface area (Å²) in [6.07, 6.45) is 4.23. The zero-order valence-corrected chi connectivity index (χ0v) is 15.8. The van der Waals surface area contributed by atoms with E-state index in [1.165, 1.54) is 18.5 Å². The SMILES string of the molecule is c1ccc(N2CCC3(CCN(c4cc(N5CCOCC5)ncn4)C3)C2)cc1. The first-order valence-corrected chi connectivity index (χ1v) is 10.0. The monoisotopic (exact) mass is 365 g/mol. The molecular formula is C21H27N5O. The van der Waals surface area contributed by atoms with Gasteiger partial charge in [-0.1, -0.05) is 18.2 Å². The molecule has 0 radical (unpaired) electrons. The van der Waals surface area contributed by atoms with Gasteiger partial charge in [-0.2, -0.15) is 0 Å². The molecule has 2 aromatic rings. The van der Waals surface area contributed by atoms with Gasteiger partial charge in [0.15, 0.2) is 0 Å². The van der Waals surface area contributed by atoms with Crippen LogP contribution in [0.4, 0.5) is 17.3 Å². The molecule has 1 aromatic heterocycles. The molecule has 0 bridgehead atoms. The van der Waals surface area contributed by atoms with Crippen molar-refractivity contribution >= 4 is 17.3 Å². The average Bonchev–Trinajstić information content (AvgIpc) is 3.37. The number of rotatable bonds is 3. The van der Waals surface area contributed by atoms with Gasteiger partial charge in [-0.3, -0.25) is 0 Å². The van der Waals surface area contributed by atoms with Crippen LogP contribution in [-0.2, 0) is 4.74 Å². The Kier molecular flexibility index (Phi) is 4.36. The number of hydrogen-bond acceptors (Lipinski definition) is 6. The summed E-state index contributed by atoms with van der Waals surface area (Å²) < 4.78 is 5.46. The quantitative estimate of drug-likeness (QED) is 0.832. The van der Waals surface area contributed by atoms with E-state index in [-0.39, 0.29) is 0 Å². The third-order valence-electron chi connectivity index (χ3n) is 6.30. The molecule has 1 spiro atoms. The van der Waals surface area contributed by atoms with Crippen LogP contribution < -0.4 is 14.7 Å². The van der Waals surface area contributed by atoms with E-state index in [9.17, 15) is 0 Å². The van der Waals surface area contributed by atoms with Gasteiger partial charge in [-0.15, -0.1) is 0 Å². The minimum Gasteiger partial charge on any atom is -0.378 e. The second-order valence-electron chi connectivity index (χ2n) is 8.01. The van der Waals surface area contributed by atoms with Gasteiger partial charge in [0, 0.05) is 56.4 Å². The highest BCUT2D eigenvalue weighted by molar-refractivity contribution is 5.52. The normalized spacial score (nSPS) is 25.6. The molecule has 6 heteroatoms. The Bertz CT molecular complexity index is 779. The fourth-order valence-corrected chi connectivity index (χ4v) is 4.73. The van der Waals surface area contributed by atoms with Crippen molar-refractivity contribution in [1.82, 2.24) is 9.97 Å². The van der Waals surface area contributed by atoms with Crippen LogP contribution in [0.5, 0.6) is 0 Å². The molecule has 0 N–H and O–H groups in total. The van der Waals surface area contributed by atoms with Gasteiger partial charge < -0.3 is 19.4 Å². The van der Waals surface area contributed by atoms with E-state index >= 15 is 0 Å². The van der Waals surface area contributed by atoms with Gasteiger partial charge in [-0.05, 0) is 25.0 Å². The van der Waals surface area contributed by atoms with Crippen LogP contribution in [0.15, 0.2) is 42.7 Å². The number of benzene rings is 1. The second kappa shape index (κ2) is 7.00. The van der Waals surface area contributed by atoms with Gasteiger partial charge in [0.25, 0.3) is 0 Å². The Labute approximate surface area is 160 Å². The van der Waals surface area contributed by atoms with Crippen LogP contribution in [0.3, 0.4) is 0 Å². The lowest BCUT2D eigenvalue weighted by atomic mass is 9.86. The van der Waals surface area contributed by atoms with Crippen molar-refractivity contribution in [2.75, 3.05) is 67.2 Å². The molecule has 0 amide bonds. The molecule has 3 saturated heterocycles. The van der Waals surface area contributed by atoms with E-state index in [1.54, 1.807) is 6.33 Å². The lowest BCUT2D eigenvalue weighted by molar-refractivity contribution is 0.122. The molecule has 142 valence electrons. The number of para-hydroxylation sites is 1. The van der Waals surface area contributed by atoms with Gasteiger partial charge in [0.05, 0.1) is 13.2 Å². The number of ether oxygens (including phenoxy) is 1. The lowest BCUT2D eigenvalue weighted by Crippen LogP contribution is -2.37. The van der Waals surface area contributed by atoms with E-state index in [4.69, 9.17) is 4.74 Å². The minimum absolute atomic E-state index is 0.389. The van der Waals surface area contributed by atoms with E-state index < -0.39 is 0 Å². The molecule has 3 aliphatic heterocycles. The van der Waals surface area contributed by atoms with Crippen molar-refractivity contribution in [3.05, 3.63) is 42.7 Å². The predicted molar refractivity (Wildman–Crippen MR) is 108 cm³/mol. The summed E-state index contributed by atoms with van der Waals surface area (Å²) >= 11 is 0. The van der Waals surface area contributed by atoms with Crippen LogP contribution in [0, 0.1) is 5.41 Å². The molecule has 27 heavy (non-hydrogen) atoms. The topological polar surface area (TPSA) is 44.7 Å². The molecule has 4 heterocycles. The summed E-state index contributed by atoms with van der Waals surface area (Å²) in [6.45, 7) is 7.86. The molecule has 1 aromatic carbocycles. The van der Waals surface area contributed by atoms with Crippen LogP contribution in [0.25, 0.3) is 0 Å². The molecule has 1 unspecified atom stereocenters. The maximum atomic E-state index is 5.46. The summed E-state index contributed by atoms with van der Waals surface area (Å²) in [7, 11) is 0. The van der Waals surface area contributed by atoms with Gasteiger partial charge in [0.1, 0.15) is 18.0 Å². The third kappa shape index (κ3) is 3.34. The number of anilines is 3. The summed E-state index contributed by atoms with van der Waals surface area (Å²) in [6, 6.07) is 13.0. The fourth-order valence-electron chi connectivity index (χ4n) is 4.73. The zero-order valence-electron chi connectivity index (χ0n) is 15.8. The van der Waals surface area contributed by atoms with Crippen molar-refractivity contribution in [2.45, 2.75) is 12.8 Å². The zero-order chi connectivity index (χ0) is 18.1. The standard InChI is InChI=1S/C21H27N5O/c1-2-4-18(5-3-1)25-8-6-21(15-25)7-9-26(16-21)20-14-19(22-17-23-20)24-10-12-27-13-11-24/h1-5,14,17H,6-13,15-16H2. The van der Waals surface area contributed by atoms with Gasteiger partial charge in [-0.25, -0.2) is 9.97 Å². The second-order valence-corrected chi connectivity index (χ2v) is 8.01. The highest BCUT2D eigenvalue weighted by Crippen LogP contribution is 2.42. The summed E-state index contributed by atoms with van der Waals surface area (Å²) in [5, 5.41) is 0. The smallest absolute Gasteiger partial charge is 0.134 e. The van der Waals surface area contributed by atoms with Gasteiger partial charge >= 0.3 is 0 Å².